The van der Waals surface area contributed by atoms with Crippen molar-refractivity contribution in [3.05, 3.63) is 108 Å². The predicted octanol–water partition coefficient (Wildman–Crippen LogP) is 5.86. The molecule has 10 heteroatoms. The van der Waals surface area contributed by atoms with Crippen LogP contribution in [0, 0.1) is 5.82 Å². The lowest BCUT2D eigenvalue weighted by atomic mass is 10.0. The fourth-order valence-corrected chi connectivity index (χ4v) is 5.63. The summed E-state index contributed by atoms with van der Waals surface area (Å²) in [7, 11) is 2.10. The van der Waals surface area contributed by atoms with Gasteiger partial charge in [-0.1, -0.05) is 36.4 Å². The van der Waals surface area contributed by atoms with E-state index in [2.05, 4.69) is 32.7 Å². The molecule has 1 fully saturated rings. The minimum Gasteiger partial charge on any atom is -0.492 e. The molecule has 1 aliphatic rings. The number of hydrogen-bond acceptors (Lipinski definition) is 7. The van der Waals surface area contributed by atoms with Gasteiger partial charge in [-0.15, -0.1) is 5.10 Å². The smallest absolute Gasteiger partial charge is 0.251 e. The van der Waals surface area contributed by atoms with Gasteiger partial charge in [-0.2, -0.15) is 4.98 Å². The number of aromatic nitrogens is 3. The highest BCUT2D eigenvalue weighted by Crippen LogP contribution is 2.29. The predicted molar refractivity (Wildman–Crippen MR) is 176 cm³/mol. The Labute approximate surface area is 267 Å². The molecule has 1 aliphatic heterocycles. The molecule has 6 rings (SSSR count). The van der Waals surface area contributed by atoms with E-state index in [1.54, 1.807) is 28.8 Å². The number of anilines is 2. The first-order valence-corrected chi connectivity index (χ1v) is 15.6. The molecule has 1 saturated heterocycles. The minimum atomic E-state index is -0.311. The van der Waals surface area contributed by atoms with Gasteiger partial charge in [0.1, 0.15) is 17.3 Å². The highest BCUT2D eigenvalue weighted by Gasteiger charge is 2.20. The molecule has 2 aromatic heterocycles. The van der Waals surface area contributed by atoms with Gasteiger partial charge in [-0.3, -0.25) is 9.59 Å². The number of carbonyl (C=O) groups is 2. The number of benzene rings is 3. The number of nitrogens with one attached hydrogen (secondary N) is 2. The molecule has 1 amide bonds. The molecule has 0 aliphatic carbocycles. The number of nitrogens with zero attached hydrogens (tertiary/aromatic N) is 4. The van der Waals surface area contributed by atoms with E-state index >= 15 is 0 Å². The number of ketones is 1. The standard InChI is InChI=1S/C36H37FN6O3/c1-3-46-33-22-27(35(45)38-30-16-18-42(2)19-17-30)10-14-32(33)39-36-40-34-15-11-28(23-43(34)41-36)26-8-4-24(5-9-26)20-31(44)21-25-6-12-29(37)13-7-25/h4-15,22-23,30H,3,16-21H2,1-2H3,(H,38,45)(H,39,41). The third-order valence-corrected chi connectivity index (χ3v) is 8.18. The summed E-state index contributed by atoms with van der Waals surface area (Å²) in [6.45, 7) is 4.29. The van der Waals surface area contributed by atoms with Crippen molar-refractivity contribution in [2.45, 2.75) is 38.6 Å². The molecular formula is C36H37FN6O3. The Bertz CT molecular complexity index is 1830. The van der Waals surface area contributed by atoms with Gasteiger partial charge in [-0.05, 0) is 99.1 Å². The highest BCUT2D eigenvalue weighted by molar-refractivity contribution is 5.95. The van der Waals surface area contributed by atoms with Crippen LogP contribution >= 0.6 is 0 Å². The maximum Gasteiger partial charge on any atom is 0.251 e. The summed E-state index contributed by atoms with van der Waals surface area (Å²) in [6.07, 6.45) is 4.36. The number of amides is 1. The normalized spacial score (nSPS) is 13.9. The van der Waals surface area contributed by atoms with Crippen molar-refractivity contribution >= 4 is 29.0 Å². The summed E-state index contributed by atoms with van der Waals surface area (Å²) in [4.78, 5) is 32.4. The largest absolute Gasteiger partial charge is 0.492 e. The summed E-state index contributed by atoms with van der Waals surface area (Å²) < 4.78 is 20.7. The number of Topliss-reactive ketones (excluding diaryl/α,β-unsaturated/α-hetero) is 1. The quantitative estimate of drug-likeness (QED) is 0.191. The van der Waals surface area contributed by atoms with Gasteiger partial charge in [0.25, 0.3) is 5.91 Å². The van der Waals surface area contributed by atoms with Crippen molar-refractivity contribution in [1.82, 2.24) is 24.8 Å². The summed E-state index contributed by atoms with van der Waals surface area (Å²) in [5.41, 5.74) is 5.52. The van der Waals surface area contributed by atoms with E-state index in [0.717, 1.165) is 48.2 Å². The molecule has 0 saturated carbocycles. The number of ether oxygens (including phenoxy) is 1. The zero-order chi connectivity index (χ0) is 32.0. The Morgan fingerprint density at radius 2 is 1.59 bits per heavy atom. The Morgan fingerprint density at radius 1 is 0.913 bits per heavy atom. The van der Waals surface area contributed by atoms with Crippen LogP contribution in [0.2, 0.25) is 0 Å². The van der Waals surface area contributed by atoms with Crippen molar-refractivity contribution in [2.75, 3.05) is 32.1 Å². The number of fused-ring (bicyclic) bond motifs is 1. The molecule has 0 unspecified atom stereocenters. The lowest BCUT2D eigenvalue weighted by Crippen LogP contribution is -2.43. The molecule has 9 nitrogen and oxygen atoms in total. The molecule has 3 aromatic carbocycles. The van der Waals surface area contributed by atoms with E-state index in [4.69, 9.17) is 4.74 Å². The van der Waals surface area contributed by atoms with Crippen molar-refractivity contribution in [1.29, 1.82) is 0 Å². The molecule has 236 valence electrons. The van der Waals surface area contributed by atoms with E-state index < -0.39 is 0 Å². The maximum atomic E-state index is 13.2. The van der Waals surface area contributed by atoms with Crippen molar-refractivity contribution < 1.29 is 18.7 Å². The Kier molecular flexibility index (Phi) is 9.35. The Morgan fingerprint density at radius 3 is 2.28 bits per heavy atom. The lowest BCUT2D eigenvalue weighted by molar-refractivity contribution is -0.117. The van der Waals surface area contributed by atoms with Gasteiger partial charge < -0.3 is 20.3 Å². The van der Waals surface area contributed by atoms with Crippen molar-refractivity contribution in [3.63, 3.8) is 0 Å². The third kappa shape index (κ3) is 7.58. The molecule has 0 spiro atoms. The van der Waals surface area contributed by atoms with Crippen LogP contribution in [0.5, 0.6) is 5.75 Å². The lowest BCUT2D eigenvalue weighted by Gasteiger charge is -2.29. The second kappa shape index (κ2) is 13.9. The van der Waals surface area contributed by atoms with Gasteiger partial charge in [0.05, 0.1) is 12.3 Å². The zero-order valence-electron chi connectivity index (χ0n) is 26.0. The zero-order valence-corrected chi connectivity index (χ0v) is 26.0. The number of likely N-dealkylation sites (tertiary alicyclic amines) is 1. The van der Waals surface area contributed by atoms with E-state index in [1.807, 2.05) is 55.6 Å². The average Bonchev–Trinajstić information content (AvgIpc) is 3.46. The van der Waals surface area contributed by atoms with Gasteiger partial charge in [-0.25, -0.2) is 8.91 Å². The van der Waals surface area contributed by atoms with E-state index in [1.165, 1.54) is 12.1 Å². The van der Waals surface area contributed by atoms with Crippen LogP contribution in [-0.4, -0.2) is 64.0 Å². The van der Waals surface area contributed by atoms with Gasteiger partial charge in [0.2, 0.25) is 5.95 Å². The van der Waals surface area contributed by atoms with Gasteiger partial charge >= 0.3 is 0 Å². The number of pyridine rings is 1. The van der Waals surface area contributed by atoms with Gasteiger partial charge in [0, 0.05) is 36.2 Å². The van der Waals surface area contributed by atoms with Gasteiger partial charge in [0.15, 0.2) is 5.65 Å². The Hall–Kier alpha value is -5.09. The Balaban J connectivity index is 1.11. The van der Waals surface area contributed by atoms with Crippen LogP contribution in [-0.2, 0) is 17.6 Å². The van der Waals surface area contributed by atoms with Crippen LogP contribution in [0.15, 0.2) is 85.1 Å². The number of carbonyl (C=O) groups excluding carboxylic acids is 2. The SMILES string of the molecule is CCOc1cc(C(=O)NC2CCN(C)CC2)ccc1Nc1nc2ccc(-c3ccc(CC(=O)Cc4ccc(F)cc4)cc3)cn2n1. The molecule has 0 radical (unpaired) electrons. The van der Waals surface area contributed by atoms with E-state index in [-0.39, 0.29) is 30.0 Å². The monoisotopic (exact) mass is 620 g/mol. The summed E-state index contributed by atoms with van der Waals surface area (Å²) in [6, 6.07) is 23.3. The van der Waals surface area contributed by atoms with Crippen molar-refractivity contribution in [2.24, 2.45) is 0 Å². The van der Waals surface area contributed by atoms with Crippen LogP contribution < -0.4 is 15.4 Å². The second-order valence-corrected chi connectivity index (χ2v) is 11.7. The summed E-state index contributed by atoms with van der Waals surface area (Å²) in [5.74, 6) is 0.603. The molecule has 3 heterocycles. The first-order chi connectivity index (χ1) is 22.3. The summed E-state index contributed by atoms with van der Waals surface area (Å²) in [5, 5.41) is 11.0. The number of hydrogen-bond donors (Lipinski definition) is 2. The number of halogens is 1. The molecule has 0 atom stereocenters. The average molecular weight is 621 g/mol. The molecule has 5 aromatic rings. The van der Waals surface area contributed by atoms with Crippen molar-refractivity contribution in [3.8, 4) is 16.9 Å². The van der Waals surface area contributed by atoms with Crippen LogP contribution in [0.4, 0.5) is 16.0 Å². The number of rotatable bonds is 11. The first kappa shape index (κ1) is 30.9. The van der Waals surface area contributed by atoms with Crippen LogP contribution in [0.3, 0.4) is 0 Å². The molecule has 46 heavy (non-hydrogen) atoms. The topological polar surface area (TPSA) is 101 Å². The highest BCUT2D eigenvalue weighted by atomic mass is 19.1. The fourth-order valence-electron chi connectivity index (χ4n) is 5.63. The second-order valence-electron chi connectivity index (χ2n) is 11.7. The molecule has 0 bridgehead atoms. The summed E-state index contributed by atoms with van der Waals surface area (Å²) >= 11 is 0. The minimum absolute atomic E-state index is 0.0708. The fraction of sp³-hybridized carbons (Fsp3) is 0.278. The number of piperidine rings is 1. The molecular weight excluding hydrogens is 583 g/mol. The maximum absolute atomic E-state index is 13.2. The van der Waals surface area contributed by atoms with E-state index in [0.29, 0.717) is 41.6 Å². The first-order valence-electron chi connectivity index (χ1n) is 15.6. The van der Waals surface area contributed by atoms with Crippen LogP contribution in [0.1, 0.15) is 41.3 Å². The molecule has 2 N–H and O–H groups in total. The third-order valence-electron chi connectivity index (χ3n) is 8.18. The van der Waals surface area contributed by atoms with Crippen LogP contribution in [0.25, 0.3) is 16.8 Å². The van der Waals surface area contributed by atoms with E-state index in [9.17, 15) is 14.0 Å².